The minimum Gasteiger partial charge on any atom is -0.462 e. The van der Waals surface area contributed by atoms with Crippen LogP contribution in [0.3, 0.4) is 0 Å². The van der Waals surface area contributed by atoms with E-state index in [1.807, 2.05) is 0 Å². The van der Waals surface area contributed by atoms with Gasteiger partial charge in [0.25, 0.3) is 0 Å². The monoisotopic (exact) mass is 228 g/mol. The largest absolute Gasteiger partial charge is 0.462 e. The number of esters is 1. The van der Waals surface area contributed by atoms with Gasteiger partial charge in [-0.3, -0.25) is 14.4 Å². The number of carbonyl (C=O) groups is 3. The highest BCUT2D eigenvalue weighted by Gasteiger charge is 2.52. The second-order valence-electron chi connectivity index (χ2n) is 4.53. The molecule has 0 radical (unpaired) electrons. The minimum atomic E-state index is -1.65. The molecule has 0 aromatic rings. The van der Waals surface area contributed by atoms with Gasteiger partial charge in [-0.15, -0.1) is 0 Å². The van der Waals surface area contributed by atoms with E-state index in [1.165, 1.54) is 13.8 Å². The molecule has 4 nitrogen and oxygen atoms in total. The van der Waals surface area contributed by atoms with Gasteiger partial charge in [-0.1, -0.05) is 13.8 Å². The number of carbonyl (C=O) groups excluding carboxylic acids is 3. The molecular formula is C12H20O4. The van der Waals surface area contributed by atoms with Crippen LogP contribution in [0.15, 0.2) is 0 Å². The molecule has 0 fully saturated rings. The van der Waals surface area contributed by atoms with Gasteiger partial charge < -0.3 is 4.74 Å². The Labute approximate surface area is 96.4 Å². The standard InChI is InChI=1S/C12H20O4/c1-7(2)12(9(5)13,10(6)14)11(15)16-8(3)4/h7-8H,1-6H3. The molecule has 16 heavy (non-hydrogen) atoms. The smallest absolute Gasteiger partial charge is 0.327 e. The van der Waals surface area contributed by atoms with Crippen LogP contribution in [0, 0.1) is 11.3 Å². The molecule has 0 rings (SSSR count). The maximum Gasteiger partial charge on any atom is 0.327 e. The third kappa shape index (κ3) is 2.49. The Morgan fingerprint density at radius 1 is 0.938 bits per heavy atom. The molecule has 0 heterocycles. The van der Waals surface area contributed by atoms with E-state index in [4.69, 9.17) is 4.74 Å². The zero-order valence-electron chi connectivity index (χ0n) is 10.8. The van der Waals surface area contributed by atoms with E-state index in [0.717, 1.165) is 0 Å². The van der Waals surface area contributed by atoms with Crippen molar-refractivity contribution in [3.8, 4) is 0 Å². The lowest BCUT2D eigenvalue weighted by Crippen LogP contribution is -2.50. The van der Waals surface area contributed by atoms with Crippen molar-refractivity contribution in [2.45, 2.75) is 47.6 Å². The third-order valence-corrected chi connectivity index (χ3v) is 2.64. The first-order valence-corrected chi connectivity index (χ1v) is 5.40. The van der Waals surface area contributed by atoms with Crippen molar-refractivity contribution in [2.24, 2.45) is 11.3 Å². The highest BCUT2D eigenvalue weighted by molar-refractivity contribution is 6.21. The topological polar surface area (TPSA) is 60.4 Å². The fraction of sp³-hybridized carbons (Fsp3) is 0.750. The third-order valence-electron chi connectivity index (χ3n) is 2.64. The van der Waals surface area contributed by atoms with Crippen LogP contribution in [-0.2, 0) is 19.1 Å². The van der Waals surface area contributed by atoms with Crippen LogP contribution in [0.4, 0.5) is 0 Å². The summed E-state index contributed by atoms with van der Waals surface area (Å²) >= 11 is 0. The summed E-state index contributed by atoms with van der Waals surface area (Å²) in [5.74, 6) is -2.06. The van der Waals surface area contributed by atoms with Crippen LogP contribution in [0.2, 0.25) is 0 Å². The summed E-state index contributed by atoms with van der Waals surface area (Å²) in [5, 5.41) is 0. The first-order valence-electron chi connectivity index (χ1n) is 5.40. The van der Waals surface area contributed by atoms with E-state index in [-0.39, 0.29) is 6.10 Å². The molecule has 0 aliphatic carbocycles. The number of Topliss-reactive ketones (excluding diaryl/α,β-unsaturated/α-hetero) is 2. The van der Waals surface area contributed by atoms with E-state index in [2.05, 4.69) is 0 Å². The Morgan fingerprint density at radius 2 is 1.31 bits per heavy atom. The van der Waals surface area contributed by atoms with Gasteiger partial charge in [0.05, 0.1) is 6.10 Å². The molecule has 0 N–H and O–H groups in total. The van der Waals surface area contributed by atoms with Crippen molar-refractivity contribution in [3.63, 3.8) is 0 Å². The van der Waals surface area contributed by atoms with E-state index in [0.29, 0.717) is 0 Å². The van der Waals surface area contributed by atoms with Gasteiger partial charge in [0.15, 0.2) is 17.0 Å². The first-order chi connectivity index (χ1) is 7.17. The maximum atomic E-state index is 11.9. The van der Waals surface area contributed by atoms with Crippen molar-refractivity contribution in [1.29, 1.82) is 0 Å². The normalized spacial score (nSPS) is 11.8. The summed E-state index contributed by atoms with van der Waals surface area (Å²) in [6, 6.07) is 0. The molecule has 0 amide bonds. The van der Waals surface area contributed by atoms with Crippen LogP contribution in [0.1, 0.15) is 41.5 Å². The summed E-state index contributed by atoms with van der Waals surface area (Å²) in [5.41, 5.74) is -1.65. The number of hydrogen-bond donors (Lipinski definition) is 0. The second kappa shape index (κ2) is 5.23. The summed E-state index contributed by atoms with van der Waals surface area (Å²) in [6.07, 6.45) is -0.343. The number of ether oxygens (including phenoxy) is 1. The summed E-state index contributed by atoms with van der Waals surface area (Å²) in [6.45, 7) is 9.22. The van der Waals surface area contributed by atoms with Crippen molar-refractivity contribution >= 4 is 17.5 Å². The van der Waals surface area contributed by atoms with Crippen molar-refractivity contribution in [1.82, 2.24) is 0 Å². The number of rotatable bonds is 5. The Bertz CT molecular complexity index is 288. The SMILES string of the molecule is CC(=O)C(C(C)=O)(C(=O)OC(C)C)C(C)C. The van der Waals surface area contributed by atoms with Gasteiger partial charge in [-0.25, -0.2) is 0 Å². The minimum absolute atomic E-state index is 0.343. The highest BCUT2D eigenvalue weighted by atomic mass is 16.5. The molecule has 0 saturated heterocycles. The lowest BCUT2D eigenvalue weighted by atomic mass is 9.71. The predicted molar refractivity (Wildman–Crippen MR) is 59.9 cm³/mol. The molecule has 4 heteroatoms. The molecule has 92 valence electrons. The van der Waals surface area contributed by atoms with Crippen LogP contribution in [0.5, 0.6) is 0 Å². The maximum absolute atomic E-state index is 11.9. The van der Waals surface area contributed by atoms with Gasteiger partial charge in [-0.05, 0) is 33.6 Å². The van der Waals surface area contributed by atoms with E-state index in [9.17, 15) is 14.4 Å². The Hall–Kier alpha value is -1.19. The van der Waals surface area contributed by atoms with Gasteiger partial charge in [0.2, 0.25) is 0 Å². The van der Waals surface area contributed by atoms with Gasteiger partial charge in [0.1, 0.15) is 0 Å². The molecule has 0 saturated carbocycles. The fourth-order valence-electron chi connectivity index (χ4n) is 1.89. The number of hydrogen-bond acceptors (Lipinski definition) is 4. The van der Waals surface area contributed by atoms with Crippen LogP contribution in [-0.4, -0.2) is 23.6 Å². The highest BCUT2D eigenvalue weighted by Crippen LogP contribution is 2.32. The molecule has 0 unspecified atom stereocenters. The average molecular weight is 228 g/mol. The predicted octanol–water partition coefficient (Wildman–Crippen LogP) is 1.76. The zero-order valence-corrected chi connectivity index (χ0v) is 10.8. The molecule has 0 aromatic carbocycles. The van der Waals surface area contributed by atoms with E-state index >= 15 is 0 Å². The molecule has 0 bridgehead atoms. The molecule has 0 aromatic heterocycles. The Balaban J connectivity index is 5.45. The van der Waals surface area contributed by atoms with Gasteiger partial charge >= 0.3 is 5.97 Å². The summed E-state index contributed by atoms with van der Waals surface area (Å²) in [7, 11) is 0. The Morgan fingerprint density at radius 3 is 1.50 bits per heavy atom. The summed E-state index contributed by atoms with van der Waals surface area (Å²) in [4.78, 5) is 35.2. The Kier molecular flexibility index (Phi) is 4.84. The molecule has 0 aliphatic rings. The quantitative estimate of drug-likeness (QED) is 0.531. The van der Waals surface area contributed by atoms with E-state index < -0.39 is 28.9 Å². The summed E-state index contributed by atoms with van der Waals surface area (Å²) < 4.78 is 5.02. The van der Waals surface area contributed by atoms with Crippen molar-refractivity contribution in [3.05, 3.63) is 0 Å². The molecule has 0 aliphatic heterocycles. The zero-order chi connectivity index (χ0) is 13.1. The lowest BCUT2D eigenvalue weighted by molar-refractivity contribution is -0.169. The van der Waals surface area contributed by atoms with Crippen LogP contribution in [0.25, 0.3) is 0 Å². The van der Waals surface area contributed by atoms with Gasteiger partial charge in [-0.2, -0.15) is 0 Å². The van der Waals surface area contributed by atoms with Crippen LogP contribution < -0.4 is 0 Å². The van der Waals surface area contributed by atoms with Gasteiger partial charge in [0, 0.05) is 0 Å². The first kappa shape index (κ1) is 14.8. The average Bonchev–Trinajstić information content (AvgIpc) is 1.99. The van der Waals surface area contributed by atoms with Crippen molar-refractivity contribution < 1.29 is 19.1 Å². The molecule has 0 spiro atoms. The van der Waals surface area contributed by atoms with Crippen molar-refractivity contribution in [2.75, 3.05) is 0 Å². The van der Waals surface area contributed by atoms with Crippen LogP contribution >= 0.6 is 0 Å². The van der Waals surface area contributed by atoms with E-state index in [1.54, 1.807) is 27.7 Å². The molecule has 0 atom stereocenters. The molecular weight excluding hydrogens is 208 g/mol. The lowest BCUT2D eigenvalue weighted by Gasteiger charge is -2.30. The number of ketones is 2. The second-order valence-corrected chi connectivity index (χ2v) is 4.53. The fourth-order valence-corrected chi connectivity index (χ4v) is 1.89.